The monoisotopic (exact) mass is 402 g/mol. The third-order valence-electron chi connectivity index (χ3n) is 4.39. The molecule has 0 aliphatic heterocycles. The zero-order valence-corrected chi connectivity index (χ0v) is 17.8. The average Bonchev–Trinajstić information content (AvgIpc) is 2.73. The molecule has 0 fully saturated rings. The van der Waals surface area contributed by atoms with Crippen molar-refractivity contribution in [3.8, 4) is 23.3 Å². The van der Waals surface area contributed by atoms with Crippen molar-refractivity contribution >= 4 is 11.9 Å². The lowest BCUT2D eigenvalue weighted by Gasteiger charge is -2.05. The molecular formula is C24H34O5. The molecule has 160 valence electrons. The molecule has 0 amide bonds. The van der Waals surface area contributed by atoms with E-state index in [1.165, 1.54) is 52.1 Å². The smallest absolute Gasteiger partial charge is 0.311 e. The summed E-state index contributed by atoms with van der Waals surface area (Å²) >= 11 is 0. The Morgan fingerprint density at radius 1 is 0.862 bits per heavy atom. The molecule has 0 atom stereocenters. The van der Waals surface area contributed by atoms with Crippen LogP contribution in [-0.4, -0.2) is 25.7 Å². The van der Waals surface area contributed by atoms with Gasteiger partial charge in [-0.25, -0.2) is 0 Å². The number of esters is 2. The van der Waals surface area contributed by atoms with Crippen LogP contribution in [0.5, 0.6) is 11.5 Å². The molecule has 5 nitrogen and oxygen atoms in total. The van der Waals surface area contributed by atoms with Crippen LogP contribution in [0.2, 0.25) is 0 Å². The van der Waals surface area contributed by atoms with E-state index in [0.717, 1.165) is 12.8 Å². The van der Waals surface area contributed by atoms with Crippen LogP contribution in [0, 0.1) is 11.8 Å². The number of hydrogen-bond acceptors (Lipinski definition) is 5. The number of benzene rings is 1. The molecule has 0 saturated heterocycles. The van der Waals surface area contributed by atoms with E-state index in [1.807, 2.05) is 0 Å². The van der Waals surface area contributed by atoms with Gasteiger partial charge in [-0.3, -0.25) is 9.59 Å². The molecule has 0 heterocycles. The number of rotatable bonds is 14. The second kappa shape index (κ2) is 16.5. The minimum absolute atomic E-state index is 0.0253. The van der Waals surface area contributed by atoms with Crippen LogP contribution in [0.25, 0.3) is 0 Å². The zero-order valence-electron chi connectivity index (χ0n) is 17.8. The van der Waals surface area contributed by atoms with E-state index in [2.05, 4.69) is 18.8 Å². The van der Waals surface area contributed by atoms with Gasteiger partial charge >= 0.3 is 11.9 Å². The lowest BCUT2D eigenvalue weighted by atomic mass is 10.1. The number of hydrogen-bond donors (Lipinski definition) is 0. The number of carbonyl (C=O) groups excluding carboxylic acids is 2. The maximum Gasteiger partial charge on any atom is 0.311 e. The van der Waals surface area contributed by atoms with Crippen molar-refractivity contribution in [1.29, 1.82) is 0 Å². The summed E-state index contributed by atoms with van der Waals surface area (Å²) in [5.41, 5.74) is 0. The first-order chi connectivity index (χ1) is 14.2. The fourth-order valence-corrected chi connectivity index (χ4v) is 2.73. The van der Waals surface area contributed by atoms with Crippen molar-refractivity contribution < 1.29 is 23.8 Å². The normalized spacial score (nSPS) is 10.0. The highest BCUT2D eigenvalue weighted by Crippen LogP contribution is 2.19. The Balaban J connectivity index is 2.04. The van der Waals surface area contributed by atoms with Gasteiger partial charge in [0.15, 0.2) is 6.61 Å². The van der Waals surface area contributed by atoms with Gasteiger partial charge in [0.05, 0.1) is 20.0 Å². The number of unbranched alkanes of at least 4 members (excludes halogenated alkanes) is 8. The van der Waals surface area contributed by atoms with Gasteiger partial charge in [-0.1, -0.05) is 69.8 Å². The van der Waals surface area contributed by atoms with Crippen molar-refractivity contribution in [2.75, 3.05) is 13.7 Å². The van der Waals surface area contributed by atoms with Gasteiger partial charge in [0.25, 0.3) is 0 Å². The predicted molar refractivity (Wildman–Crippen MR) is 114 cm³/mol. The molecule has 0 aliphatic carbocycles. The standard InChI is InChI=1S/C24H34O5/c1-3-4-5-6-7-8-9-10-11-12-13-19-28-23(25)17-18-24(26)29-22-16-14-15-21(20-22)27-2/h14-16,20H,3-11,17-19H2,1-2H3. The quantitative estimate of drug-likeness (QED) is 0.179. The largest absolute Gasteiger partial charge is 0.497 e. The average molecular weight is 403 g/mol. The topological polar surface area (TPSA) is 61.8 Å². The summed E-state index contributed by atoms with van der Waals surface area (Å²) in [4.78, 5) is 23.5. The Labute approximate surface area is 175 Å². The van der Waals surface area contributed by atoms with Gasteiger partial charge in [0, 0.05) is 12.5 Å². The van der Waals surface area contributed by atoms with Crippen molar-refractivity contribution in [2.45, 2.75) is 77.6 Å². The van der Waals surface area contributed by atoms with Crippen molar-refractivity contribution in [3.05, 3.63) is 24.3 Å². The fraction of sp³-hybridized carbons (Fsp3) is 0.583. The zero-order chi connectivity index (χ0) is 21.2. The third-order valence-corrected chi connectivity index (χ3v) is 4.39. The summed E-state index contributed by atoms with van der Waals surface area (Å²) in [6.07, 6.45) is 11.0. The van der Waals surface area contributed by atoms with Gasteiger partial charge in [0.2, 0.25) is 0 Å². The SMILES string of the molecule is CCCCCCCCCCC#CCOC(=O)CCC(=O)Oc1cccc(OC)c1. The van der Waals surface area contributed by atoms with E-state index in [-0.39, 0.29) is 19.4 Å². The second-order valence-electron chi connectivity index (χ2n) is 6.89. The fourth-order valence-electron chi connectivity index (χ4n) is 2.73. The van der Waals surface area contributed by atoms with Gasteiger partial charge in [-0.15, -0.1) is 0 Å². The minimum atomic E-state index is -0.490. The molecule has 0 aromatic heterocycles. The molecule has 1 aromatic rings. The Hall–Kier alpha value is -2.48. The van der Waals surface area contributed by atoms with Crippen molar-refractivity contribution in [1.82, 2.24) is 0 Å². The van der Waals surface area contributed by atoms with Crippen LogP contribution in [0.3, 0.4) is 0 Å². The minimum Gasteiger partial charge on any atom is -0.497 e. The highest BCUT2D eigenvalue weighted by atomic mass is 16.5. The van der Waals surface area contributed by atoms with Crippen LogP contribution in [0.4, 0.5) is 0 Å². The van der Waals surface area contributed by atoms with Gasteiger partial charge in [0.1, 0.15) is 11.5 Å². The van der Waals surface area contributed by atoms with Crippen LogP contribution in [0.1, 0.15) is 77.6 Å². The molecule has 0 unspecified atom stereocenters. The molecule has 29 heavy (non-hydrogen) atoms. The summed E-state index contributed by atoms with van der Waals surface area (Å²) in [6, 6.07) is 6.74. The maximum atomic E-state index is 11.8. The third kappa shape index (κ3) is 13.3. The molecule has 0 N–H and O–H groups in total. The van der Waals surface area contributed by atoms with Crippen LogP contribution in [-0.2, 0) is 14.3 Å². The molecule has 1 aromatic carbocycles. The lowest BCUT2D eigenvalue weighted by molar-refractivity contribution is -0.145. The lowest BCUT2D eigenvalue weighted by Crippen LogP contribution is -2.12. The Morgan fingerprint density at radius 3 is 2.24 bits per heavy atom. The van der Waals surface area contributed by atoms with Gasteiger partial charge in [-0.05, 0) is 18.6 Å². The summed E-state index contributed by atoms with van der Waals surface area (Å²) in [5.74, 6) is 5.92. The molecule has 0 saturated carbocycles. The number of methoxy groups -OCH3 is 1. The van der Waals surface area contributed by atoms with Crippen molar-refractivity contribution in [3.63, 3.8) is 0 Å². The summed E-state index contributed by atoms with van der Waals surface area (Å²) in [7, 11) is 1.54. The maximum absolute atomic E-state index is 11.8. The first-order valence-electron chi connectivity index (χ1n) is 10.6. The first-order valence-corrected chi connectivity index (χ1v) is 10.6. The highest BCUT2D eigenvalue weighted by Gasteiger charge is 2.10. The van der Waals surface area contributed by atoms with Gasteiger partial charge < -0.3 is 14.2 Å². The summed E-state index contributed by atoms with van der Waals surface area (Å²) in [6.45, 7) is 2.30. The highest BCUT2D eigenvalue weighted by molar-refractivity contribution is 5.79. The Bertz CT molecular complexity index is 657. The second-order valence-corrected chi connectivity index (χ2v) is 6.89. The van der Waals surface area contributed by atoms with Crippen LogP contribution in [0.15, 0.2) is 24.3 Å². The van der Waals surface area contributed by atoms with Gasteiger partial charge in [-0.2, -0.15) is 0 Å². The first kappa shape index (κ1) is 24.6. The molecule has 0 aliphatic rings. The molecule has 1 rings (SSSR count). The number of ether oxygens (including phenoxy) is 3. The van der Waals surface area contributed by atoms with E-state index < -0.39 is 11.9 Å². The van der Waals surface area contributed by atoms with E-state index in [9.17, 15) is 9.59 Å². The van der Waals surface area contributed by atoms with Crippen molar-refractivity contribution in [2.24, 2.45) is 0 Å². The predicted octanol–water partition coefficient (Wildman–Crippen LogP) is 5.46. The summed E-state index contributed by atoms with van der Waals surface area (Å²) < 4.78 is 15.3. The van der Waals surface area contributed by atoms with E-state index >= 15 is 0 Å². The van der Waals surface area contributed by atoms with Crippen LogP contribution >= 0.6 is 0 Å². The Kier molecular flexibility index (Phi) is 13.9. The van der Waals surface area contributed by atoms with E-state index in [1.54, 1.807) is 24.3 Å². The van der Waals surface area contributed by atoms with Crippen LogP contribution < -0.4 is 9.47 Å². The Morgan fingerprint density at radius 2 is 1.52 bits per heavy atom. The molecule has 0 radical (unpaired) electrons. The molecular weight excluding hydrogens is 368 g/mol. The van der Waals surface area contributed by atoms with E-state index in [4.69, 9.17) is 14.2 Å². The summed E-state index contributed by atoms with van der Waals surface area (Å²) in [5, 5.41) is 0. The molecule has 0 bridgehead atoms. The molecule has 0 spiro atoms. The molecule has 5 heteroatoms. The van der Waals surface area contributed by atoms with E-state index in [0.29, 0.717) is 11.5 Å². The number of carbonyl (C=O) groups is 2.